The fourth-order valence-corrected chi connectivity index (χ4v) is 9.52. The van der Waals surface area contributed by atoms with Crippen molar-refractivity contribution in [3.63, 3.8) is 0 Å². The van der Waals surface area contributed by atoms with Crippen molar-refractivity contribution in [2.45, 2.75) is 0 Å². The van der Waals surface area contributed by atoms with Crippen LogP contribution in [-0.4, -0.2) is 19.1 Å². The highest BCUT2D eigenvalue weighted by atomic mass is 16.3. The molecule has 0 N–H and O–H groups in total. The maximum atomic E-state index is 6.55. The molecule has 5 nitrogen and oxygen atoms in total. The van der Waals surface area contributed by atoms with Gasteiger partial charge in [-0.2, -0.15) is 0 Å². The molecule has 0 aliphatic heterocycles. The summed E-state index contributed by atoms with van der Waals surface area (Å²) < 4.78 is 11.4. The number of hydrogen-bond donors (Lipinski definition) is 0. The van der Waals surface area contributed by atoms with Crippen LogP contribution in [0.5, 0.6) is 0 Å². The van der Waals surface area contributed by atoms with Crippen LogP contribution in [0.15, 0.2) is 211 Å². The van der Waals surface area contributed by atoms with Gasteiger partial charge in [-0.25, -0.2) is 9.97 Å². The Morgan fingerprint density at radius 2 is 0.885 bits per heavy atom. The van der Waals surface area contributed by atoms with Gasteiger partial charge in [0.05, 0.1) is 33.3 Å². The maximum Gasteiger partial charge on any atom is 0.160 e. The van der Waals surface area contributed by atoms with Gasteiger partial charge in [-0.3, -0.25) is 0 Å². The topological polar surface area (TPSA) is 48.8 Å². The molecule has 284 valence electrons. The number of para-hydroxylation sites is 3. The van der Waals surface area contributed by atoms with Gasteiger partial charge in [-0.15, -0.1) is 0 Å². The van der Waals surface area contributed by atoms with Crippen LogP contribution in [-0.2, 0) is 0 Å². The Bertz CT molecular complexity index is 3840. The first-order valence-electron chi connectivity index (χ1n) is 20.7. The smallest absolute Gasteiger partial charge is 0.160 e. The van der Waals surface area contributed by atoms with Gasteiger partial charge in [-0.05, 0) is 71.8 Å². The summed E-state index contributed by atoms with van der Waals surface area (Å²) >= 11 is 0. The molecule has 13 aromatic rings. The number of furan rings is 1. The van der Waals surface area contributed by atoms with E-state index < -0.39 is 0 Å². The van der Waals surface area contributed by atoms with E-state index in [1.54, 1.807) is 0 Å². The second-order valence-electron chi connectivity index (χ2n) is 15.7. The minimum Gasteiger partial charge on any atom is -0.456 e. The number of hydrogen-bond acceptors (Lipinski definition) is 3. The van der Waals surface area contributed by atoms with Crippen molar-refractivity contribution in [3.8, 4) is 45.1 Å². The molecule has 4 heterocycles. The molecule has 0 unspecified atom stereocenters. The summed E-state index contributed by atoms with van der Waals surface area (Å²) in [6.07, 6.45) is 0. The first kappa shape index (κ1) is 33.7. The molecule has 0 fully saturated rings. The van der Waals surface area contributed by atoms with Crippen LogP contribution >= 0.6 is 0 Å². The standard InChI is InChI=1S/C56H34N4O/c1-3-13-35(14-4-1)36-23-27-39(28-24-36)59-49-21-11-8-17-41(49)43-31-32-44-46-33-47-42-18-9-12-22-51(42)61-52(47)34-50(46)60(55(44)54(43)59)40-29-25-38(26-30-40)56-57-48-20-10-7-19-45(48)53(58-56)37-15-5-2-6-16-37/h1-34H. The molecule has 0 saturated carbocycles. The lowest BCUT2D eigenvalue weighted by Crippen LogP contribution is -1.99. The summed E-state index contributed by atoms with van der Waals surface area (Å²) in [4.78, 5) is 10.3. The summed E-state index contributed by atoms with van der Waals surface area (Å²) in [5.74, 6) is 0.691. The van der Waals surface area contributed by atoms with Crippen molar-refractivity contribution in [1.82, 2.24) is 19.1 Å². The number of nitrogens with zero attached hydrogens (tertiary/aromatic N) is 4. The van der Waals surface area contributed by atoms with Gasteiger partial charge in [-0.1, -0.05) is 140 Å². The highest BCUT2D eigenvalue weighted by molar-refractivity contribution is 6.25. The van der Waals surface area contributed by atoms with E-state index in [0.29, 0.717) is 5.82 Å². The van der Waals surface area contributed by atoms with Crippen molar-refractivity contribution in [2.75, 3.05) is 0 Å². The van der Waals surface area contributed by atoms with Crippen LogP contribution in [0.2, 0.25) is 0 Å². The molecule has 0 atom stereocenters. The van der Waals surface area contributed by atoms with Crippen molar-refractivity contribution in [1.29, 1.82) is 0 Å². The van der Waals surface area contributed by atoms with E-state index in [1.807, 2.05) is 30.3 Å². The van der Waals surface area contributed by atoms with E-state index in [9.17, 15) is 0 Å². The van der Waals surface area contributed by atoms with Crippen LogP contribution in [0, 0.1) is 0 Å². The summed E-state index contributed by atoms with van der Waals surface area (Å²) in [5, 5.41) is 8.01. The zero-order valence-corrected chi connectivity index (χ0v) is 32.8. The zero-order valence-electron chi connectivity index (χ0n) is 32.8. The van der Waals surface area contributed by atoms with Crippen molar-refractivity contribution < 1.29 is 4.42 Å². The van der Waals surface area contributed by atoms with E-state index in [-0.39, 0.29) is 0 Å². The van der Waals surface area contributed by atoms with Gasteiger partial charge >= 0.3 is 0 Å². The number of benzene rings is 9. The minimum absolute atomic E-state index is 0.691. The van der Waals surface area contributed by atoms with E-state index in [1.165, 1.54) is 32.7 Å². The second-order valence-corrected chi connectivity index (χ2v) is 15.7. The van der Waals surface area contributed by atoms with Crippen LogP contribution in [0.1, 0.15) is 0 Å². The van der Waals surface area contributed by atoms with E-state index in [0.717, 1.165) is 83.1 Å². The molecule has 0 radical (unpaired) electrons. The van der Waals surface area contributed by atoms with Crippen molar-refractivity contribution in [2.24, 2.45) is 0 Å². The molecular weight excluding hydrogens is 745 g/mol. The fraction of sp³-hybridized carbons (Fsp3) is 0. The molecule has 0 aliphatic rings. The Morgan fingerprint density at radius 3 is 1.62 bits per heavy atom. The number of rotatable bonds is 5. The summed E-state index contributed by atoms with van der Waals surface area (Å²) in [6.45, 7) is 0. The zero-order chi connectivity index (χ0) is 40.0. The lowest BCUT2D eigenvalue weighted by molar-refractivity contribution is 0.669. The molecule has 9 aromatic carbocycles. The normalized spacial score (nSPS) is 11.9. The van der Waals surface area contributed by atoms with E-state index in [2.05, 4.69) is 185 Å². The Balaban J connectivity index is 1.08. The summed E-state index contributed by atoms with van der Waals surface area (Å²) in [7, 11) is 0. The number of fused-ring (bicyclic) bond motifs is 11. The molecule has 61 heavy (non-hydrogen) atoms. The van der Waals surface area contributed by atoms with Gasteiger partial charge in [0.1, 0.15) is 11.2 Å². The van der Waals surface area contributed by atoms with Gasteiger partial charge in [0, 0.05) is 66.3 Å². The van der Waals surface area contributed by atoms with Crippen LogP contribution < -0.4 is 0 Å². The van der Waals surface area contributed by atoms with Gasteiger partial charge in [0.2, 0.25) is 0 Å². The monoisotopic (exact) mass is 778 g/mol. The van der Waals surface area contributed by atoms with Crippen LogP contribution in [0.3, 0.4) is 0 Å². The van der Waals surface area contributed by atoms with Gasteiger partial charge in [0.15, 0.2) is 5.82 Å². The van der Waals surface area contributed by atoms with E-state index >= 15 is 0 Å². The molecule has 0 spiro atoms. The fourth-order valence-electron chi connectivity index (χ4n) is 9.52. The molecular formula is C56H34N4O. The Kier molecular flexibility index (Phi) is 7.24. The quantitative estimate of drug-likeness (QED) is 0.175. The molecule has 0 amide bonds. The first-order valence-corrected chi connectivity index (χ1v) is 20.7. The highest BCUT2D eigenvalue weighted by Crippen LogP contribution is 2.44. The Morgan fingerprint density at radius 1 is 0.328 bits per heavy atom. The first-order chi connectivity index (χ1) is 30.2. The molecule has 4 aromatic heterocycles. The number of aromatic nitrogens is 4. The maximum absolute atomic E-state index is 6.55. The average molecular weight is 779 g/mol. The Labute approximate surface area is 350 Å². The molecule has 13 rings (SSSR count). The van der Waals surface area contributed by atoms with Gasteiger partial charge < -0.3 is 13.6 Å². The largest absolute Gasteiger partial charge is 0.456 e. The Hall–Kier alpha value is -8.28. The molecule has 0 bridgehead atoms. The molecule has 0 saturated heterocycles. The second kappa shape index (κ2) is 13.1. The highest BCUT2D eigenvalue weighted by Gasteiger charge is 2.23. The lowest BCUT2D eigenvalue weighted by Gasteiger charge is -2.14. The third kappa shape index (κ3) is 5.14. The van der Waals surface area contributed by atoms with Crippen molar-refractivity contribution in [3.05, 3.63) is 206 Å². The van der Waals surface area contributed by atoms with Gasteiger partial charge in [0.25, 0.3) is 0 Å². The SMILES string of the molecule is c1ccc(-c2ccc(-n3c4ccccc4c4ccc5c6cc7c(cc6n(-c6ccc(-c8nc(-c9ccccc9)c9ccccc9n8)cc6)c5c43)oc3ccccc37)cc2)cc1. The molecule has 0 aliphatic carbocycles. The van der Waals surface area contributed by atoms with Crippen LogP contribution in [0.4, 0.5) is 0 Å². The molecule has 5 heteroatoms. The lowest BCUT2D eigenvalue weighted by atomic mass is 10.1. The van der Waals surface area contributed by atoms with Crippen molar-refractivity contribution >= 4 is 76.5 Å². The average Bonchev–Trinajstić information content (AvgIpc) is 3.98. The minimum atomic E-state index is 0.691. The van der Waals surface area contributed by atoms with Crippen LogP contribution in [0.25, 0.3) is 122 Å². The predicted octanol–water partition coefficient (Wildman–Crippen LogP) is 14.7. The summed E-state index contributed by atoms with van der Waals surface area (Å²) in [5.41, 5.74) is 14.6. The third-order valence-corrected chi connectivity index (χ3v) is 12.3. The third-order valence-electron chi connectivity index (χ3n) is 12.3. The van der Waals surface area contributed by atoms with E-state index in [4.69, 9.17) is 14.4 Å². The predicted molar refractivity (Wildman–Crippen MR) is 252 cm³/mol. The summed E-state index contributed by atoms with van der Waals surface area (Å²) in [6, 6.07) is 73.1.